The molecule has 1 amide bonds. The van der Waals surface area contributed by atoms with E-state index < -0.39 is 0 Å². The van der Waals surface area contributed by atoms with Gasteiger partial charge < -0.3 is 9.80 Å². The Kier molecular flexibility index (Phi) is 6.41. The first kappa shape index (κ1) is 15.2. The highest BCUT2D eigenvalue weighted by atomic mass is 16.2. The SMILES string of the molecule is C=CC1CC(=O)N(C(C)CCCN(CC)CC)C1. The Bertz CT molecular complexity index is 274. The predicted molar refractivity (Wildman–Crippen MR) is 76.5 cm³/mol. The number of carbonyl (C=O) groups excluding carboxylic acids is 1. The molecule has 0 saturated carbocycles. The molecule has 0 radical (unpaired) electrons. The van der Waals surface area contributed by atoms with E-state index in [1.54, 1.807) is 0 Å². The van der Waals surface area contributed by atoms with Crippen LogP contribution in [0.15, 0.2) is 12.7 Å². The molecule has 1 heterocycles. The van der Waals surface area contributed by atoms with Gasteiger partial charge in [0.15, 0.2) is 0 Å². The summed E-state index contributed by atoms with van der Waals surface area (Å²) in [4.78, 5) is 16.3. The van der Waals surface area contributed by atoms with Gasteiger partial charge >= 0.3 is 0 Å². The van der Waals surface area contributed by atoms with Crippen LogP contribution in [0.4, 0.5) is 0 Å². The molecule has 0 aromatic rings. The summed E-state index contributed by atoms with van der Waals surface area (Å²) in [5.41, 5.74) is 0. The Labute approximate surface area is 112 Å². The van der Waals surface area contributed by atoms with E-state index in [0.717, 1.165) is 32.6 Å². The van der Waals surface area contributed by atoms with Crippen molar-refractivity contribution in [2.24, 2.45) is 5.92 Å². The molecule has 0 aliphatic carbocycles. The van der Waals surface area contributed by atoms with E-state index in [2.05, 4.69) is 32.3 Å². The highest BCUT2D eigenvalue weighted by molar-refractivity contribution is 5.79. The van der Waals surface area contributed by atoms with Crippen molar-refractivity contribution >= 4 is 5.91 Å². The molecule has 104 valence electrons. The van der Waals surface area contributed by atoms with Gasteiger partial charge in [-0.3, -0.25) is 4.79 Å². The smallest absolute Gasteiger partial charge is 0.223 e. The Morgan fingerprint density at radius 1 is 1.50 bits per heavy atom. The molecule has 0 aromatic carbocycles. The zero-order valence-electron chi connectivity index (χ0n) is 12.2. The Morgan fingerprint density at radius 3 is 2.67 bits per heavy atom. The van der Waals surface area contributed by atoms with Crippen LogP contribution < -0.4 is 0 Å². The molecule has 0 spiro atoms. The fourth-order valence-electron chi connectivity index (χ4n) is 2.65. The monoisotopic (exact) mass is 252 g/mol. The molecule has 1 aliphatic heterocycles. The first-order valence-corrected chi connectivity index (χ1v) is 7.26. The van der Waals surface area contributed by atoms with E-state index in [0.29, 0.717) is 24.3 Å². The molecule has 3 heteroatoms. The summed E-state index contributed by atoms with van der Waals surface area (Å²) in [6.45, 7) is 14.6. The minimum absolute atomic E-state index is 0.301. The van der Waals surface area contributed by atoms with Crippen molar-refractivity contribution in [1.29, 1.82) is 0 Å². The molecule has 0 N–H and O–H groups in total. The molecule has 1 aliphatic rings. The summed E-state index contributed by atoms with van der Waals surface area (Å²) in [5.74, 6) is 0.665. The van der Waals surface area contributed by atoms with Gasteiger partial charge in [0.1, 0.15) is 0 Å². The van der Waals surface area contributed by atoms with Gasteiger partial charge in [-0.1, -0.05) is 19.9 Å². The Balaban J connectivity index is 2.30. The fraction of sp³-hybridized carbons (Fsp3) is 0.800. The third-order valence-electron chi connectivity index (χ3n) is 4.04. The topological polar surface area (TPSA) is 23.6 Å². The molecule has 0 bridgehead atoms. The normalized spacial score (nSPS) is 21.7. The van der Waals surface area contributed by atoms with Crippen LogP contribution in [-0.4, -0.2) is 47.9 Å². The van der Waals surface area contributed by atoms with Crippen LogP contribution in [0.3, 0.4) is 0 Å². The number of hydrogen-bond donors (Lipinski definition) is 0. The third kappa shape index (κ3) is 4.13. The van der Waals surface area contributed by atoms with E-state index in [1.807, 2.05) is 11.0 Å². The summed E-state index contributed by atoms with van der Waals surface area (Å²) in [5, 5.41) is 0. The van der Waals surface area contributed by atoms with Crippen LogP contribution in [0.25, 0.3) is 0 Å². The Hall–Kier alpha value is -0.830. The number of carbonyl (C=O) groups is 1. The van der Waals surface area contributed by atoms with Crippen LogP contribution >= 0.6 is 0 Å². The molecular formula is C15H28N2O. The van der Waals surface area contributed by atoms with Crippen molar-refractivity contribution in [3.8, 4) is 0 Å². The van der Waals surface area contributed by atoms with Gasteiger partial charge in [-0.15, -0.1) is 6.58 Å². The number of likely N-dealkylation sites (tertiary alicyclic amines) is 1. The Morgan fingerprint density at radius 2 is 2.17 bits per heavy atom. The molecular weight excluding hydrogens is 224 g/mol. The van der Waals surface area contributed by atoms with Gasteiger partial charge in [-0.05, 0) is 39.4 Å². The molecule has 2 atom stereocenters. The lowest BCUT2D eigenvalue weighted by molar-refractivity contribution is -0.129. The largest absolute Gasteiger partial charge is 0.339 e. The van der Waals surface area contributed by atoms with E-state index in [-0.39, 0.29) is 0 Å². The van der Waals surface area contributed by atoms with E-state index >= 15 is 0 Å². The van der Waals surface area contributed by atoms with E-state index in [9.17, 15) is 4.79 Å². The molecule has 3 nitrogen and oxygen atoms in total. The van der Waals surface area contributed by atoms with Crippen molar-refractivity contribution in [3.05, 3.63) is 12.7 Å². The number of nitrogens with zero attached hydrogens (tertiary/aromatic N) is 2. The van der Waals surface area contributed by atoms with Crippen LogP contribution in [-0.2, 0) is 4.79 Å². The lowest BCUT2D eigenvalue weighted by Gasteiger charge is -2.26. The van der Waals surface area contributed by atoms with E-state index in [1.165, 1.54) is 6.42 Å². The lowest BCUT2D eigenvalue weighted by Crippen LogP contribution is -2.35. The summed E-state index contributed by atoms with van der Waals surface area (Å²) in [6, 6.07) is 0.373. The third-order valence-corrected chi connectivity index (χ3v) is 4.04. The van der Waals surface area contributed by atoms with Crippen LogP contribution in [0.2, 0.25) is 0 Å². The second-order valence-electron chi connectivity index (χ2n) is 5.26. The number of amides is 1. The first-order chi connectivity index (χ1) is 8.62. The summed E-state index contributed by atoms with van der Waals surface area (Å²) >= 11 is 0. The van der Waals surface area contributed by atoms with Crippen LogP contribution in [0.5, 0.6) is 0 Å². The fourth-order valence-corrected chi connectivity index (χ4v) is 2.65. The average molecular weight is 252 g/mol. The molecule has 2 unspecified atom stereocenters. The molecule has 1 fully saturated rings. The maximum Gasteiger partial charge on any atom is 0.223 e. The van der Waals surface area contributed by atoms with E-state index in [4.69, 9.17) is 0 Å². The van der Waals surface area contributed by atoms with Crippen molar-refractivity contribution in [1.82, 2.24) is 9.80 Å². The van der Waals surface area contributed by atoms with Crippen molar-refractivity contribution in [2.75, 3.05) is 26.2 Å². The highest BCUT2D eigenvalue weighted by Gasteiger charge is 2.30. The molecule has 1 rings (SSSR count). The van der Waals surface area contributed by atoms with Gasteiger partial charge in [-0.2, -0.15) is 0 Å². The van der Waals surface area contributed by atoms with Crippen molar-refractivity contribution in [2.45, 2.75) is 46.1 Å². The zero-order valence-corrected chi connectivity index (χ0v) is 12.2. The maximum absolute atomic E-state index is 11.9. The standard InChI is InChI=1S/C15H28N2O/c1-5-14-11-15(18)17(12-14)13(4)9-8-10-16(6-2)7-3/h5,13-14H,1,6-12H2,2-4H3. The second kappa shape index (κ2) is 7.57. The predicted octanol–water partition coefficient (Wildman–Crippen LogP) is 2.53. The van der Waals surface area contributed by atoms with Crippen molar-refractivity contribution < 1.29 is 4.79 Å². The van der Waals surface area contributed by atoms with Gasteiger partial charge in [0, 0.05) is 24.9 Å². The van der Waals surface area contributed by atoms with Gasteiger partial charge in [0.05, 0.1) is 0 Å². The van der Waals surface area contributed by atoms with Gasteiger partial charge in [0.25, 0.3) is 0 Å². The van der Waals surface area contributed by atoms with Crippen LogP contribution in [0, 0.1) is 5.92 Å². The number of hydrogen-bond acceptors (Lipinski definition) is 2. The van der Waals surface area contributed by atoms with Crippen LogP contribution in [0.1, 0.15) is 40.0 Å². The quantitative estimate of drug-likeness (QED) is 0.620. The van der Waals surface area contributed by atoms with Gasteiger partial charge in [0.2, 0.25) is 5.91 Å². The number of rotatable bonds is 8. The summed E-state index contributed by atoms with van der Waals surface area (Å²) < 4.78 is 0. The molecule has 18 heavy (non-hydrogen) atoms. The maximum atomic E-state index is 11.9. The molecule has 0 aromatic heterocycles. The highest BCUT2D eigenvalue weighted by Crippen LogP contribution is 2.22. The average Bonchev–Trinajstić information content (AvgIpc) is 2.76. The van der Waals surface area contributed by atoms with Crippen molar-refractivity contribution in [3.63, 3.8) is 0 Å². The zero-order chi connectivity index (χ0) is 13.5. The second-order valence-corrected chi connectivity index (χ2v) is 5.26. The summed E-state index contributed by atoms with van der Waals surface area (Å²) in [7, 11) is 0. The lowest BCUT2D eigenvalue weighted by atomic mass is 10.1. The molecule has 1 saturated heterocycles. The minimum Gasteiger partial charge on any atom is -0.339 e. The summed E-state index contributed by atoms with van der Waals surface area (Å²) in [6.07, 6.45) is 4.85. The first-order valence-electron chi connectivity index (χ1n) is 7.26. The minimum atomic E-state index is 0.301. The van der Waals surface area contributed by atoms with Gasteiger partial charge in [-0.25, -0.2) is 0 Å².